The number of hydrogen-bond donors (Lipinski definition) is 0. The normalized spacial score (nSPS) is 11.3. The van der Waals surface area contributed by atoms with Crippen LogP contribution in [-0.4, -0.2) is 27.0 Å². The van der Waals surface area contributed by atoms with Crippen molar-refractivity contribution in [2.24, 2.45) is 0 Å². The van der Waals surface area contributed by atoms with Gasteiger partial charge in [0.05, 0.1) is 19.0 Å². The lowest BCUT2D eigenvalue weighted by molar-refractivity contribution is 0.405. The van der Waals surface area contributed by atoms with Crippen LogP contribution in [0.15, 0.2) is 62.3 Å². The average Bonchev–Trinajstić information content (AvgIpc) is 3.39. The summed E-state index contributed by atoms with van der Waals surface area (Å²) in [5.41, 5.74) is 3.95. The van der Waals surface area contributed by atoms with Crippen LogP contribution in [0.2, 0.25) is 0 Å². The summed E-state index contributed by atoms with van der Waals surface area (Å²) < 4.78 is 17.8. The van der Waals surface area contributed by atoms with Gasteiger partial charge in [-0.2, -0.15) is 5.10 Å². The molecule has 0 aliphatic carbocycles. The number of methoxy groups -OCH3 is 1. The van der Waals surface area contributed by atoms with Crippen LogP contribution in [0.4, 0.5) is 0 Å². The van der Waals surface area contributed by atoms with Crippen LogP contribution < -0.4 is 10.3 Å². The van der Waals surface area contributed by atoms with Gasteiger partial charge in [0.2, 0.25) is 5.89 Å². The van der Waals surface area contributed by atoms with E-state index >= 15 is 0 Å². The first kappa shape index (κ1) is 20.7. The minimum Gasteiger partial charge on any atom is -0.497 e. The number of oxazole rings is 1. The molecule has 0 aliphatic rings. The van der Waals surface area contributed by atoms with Crippen molar-refractivity contribution in [3.63, 3.8) is 0 Å². The Balaban J connectivity index is 1.60. The van der Waals surface area contributed by atoms with Gasteiger partial charge in [-0.1, -0.05) is 22.9 Å². The minimum atomic E-state index is -0.349. The third kappa shape index (κ3) is 3.69. The molecule has 0 saturated carbocycles. The Hall–Kier alpha value is -4.20. The highest BCUT2D eigenvalue weighted by Crippen LogP contribution is 2.29. The van der Waals surface area contributed by atoms with E-state index < -0.39 is 0 Å². The molecule has 0 N–H and O–H groups in total. The fraction of sp³-hybridized carbons (Fsp3) is 0.200. The van der Waals surface area contributed by atoms with Crippen molar-refractivity contribution >= 4 is 10.9 Å². The van der Waals surface area contributed by atoms with E-state index in [1.54, 1.807) is 14.0 Å². The molecule has 3 heterocycles. The van der Waals surface area contributed by atoms with E-state index in [1.807, 2.05) is 62.4 Å². The summed E-state index contributed by atoms with van der Waals surface area (Å²) in [6.07, 6.45) is 0. The third-order valence-corrected chi connectivity index (χ3v) is 5.61. The molecule has 2 aromatic carbocycles. The average molecular weight is 442 g/mol. The summed E-state index contributed by atoms with van der Waals surface area (Å²) in [7, 11) is 1.61. The van der Waals surface area contributed by atoms with Crippen LogP contribution in [-0.2, 0) is 6.54 Å². The first-order chi connectivity index (χ1) is 15.9. The Morgan fingerprint density at radius 1 is 0.939 bits per heavy atom. The molecule has 3 aromatic heterocycles. The van der Waals surface area contributed by atoms with Gasteiger partial charge in [0, 0.05) is 11.1 Å². The van der Waals surface area contributed by atoms with Crippen molar-refractivity contribution in [1.82, 2.24) is 19.9 Å². The van der Waals surface area contributed by atoms with Gasteiger partial charge >= 0.3 is 0 Å². The first-order valence-corrected chi connectivity index (χ1v) is 10.5. The van der Waals surface area contributed by atoms with Crippen molar-refractivity contribution in [3.05, 3.63) is 81.7 Å². The number of nitrogens with zero attached hydrogens (tertiary/aromatic N) is 4. The van der Waals surface area contributed by atoms with Crippen LogP contribution in [0.5, 0.6) is 5.75 Å². The molecule has 33 heavy (non-hydrogen) atoms. The molecule has 8 heteroatoms. The van der Waals surface area contributed by atoms with Gasteiger partial charge in [-0.25, -0.2) is 9.67 Å². The third-order valence-electron chi connectivity index (χ3n) is 5.61. The minimum absolute atomic E-state index is 0.144. The highest BCUT2D eigenvalue weighted by atomic mass is 16.5. The molecule has 0 saturated heterocycles. The lowest BCUT2D eigenvalue weighted by atomic mass is 10.1. The van der Waals surface area contributed by atoms with E-state index in [2.05, 4.69) is 15.2 Å². The van der Waals surface area contributed by atoms with E-state index in [9.17, 15) is 4.79 Å². The van der Waals surface area contributed by atoms with Gasteiger partial charge in [0.15, 0.2) is 5.52 Å². The second-order valence-corrected chi connectivity index (χ2v) is 7.89. The van der Waals surface area contributed by atoms with Crippen LogP contribution in [0.25, 0.3) is 33.6 Å². The second-order valence-electron chi connectivity index (χ2n) is 7.89. The molecular formula is C25H22N4O4. The van der Waals surface area contributed by atoms with Crippen LogP contribution in [0, 0.1) is 20.8 Å². The van der Waals surface area contributed by atoms with E-state index in [-0.39, 0.29) is 17.6 Å². The fourth-order valence-corrected chi connectivity index (χ4v) is 3.73. The van der Waals surface area contributed by atoms with E-state index in [0.29, 0.717) is 34.2 Å². The zero-order valence-corrected chi connectivity index (χ0v) is 18.7. The summed E-state index contributed by atoms with van der Waals surface area (Å²) in [4.78, 5) is 17.8. The zero-order chi connectivity index (χ0) is 23.1. The first-order valence-electron chi connectivity index (χ1n) is 10.5. The predicted molar refractivity (Wildman–Crippen MR) is 123 cm³/mol. The zero-order valence-electron chi connectivity index (χ0n) is 18.7. The molecular weight excluding hydrogens is 420 g/mol. The van der Waals surface area contributed by atoms with Crippen molar-refractivity contribution in [2.75, 3.05) is 7.11 Å². The van der Waals surface area contributed by atoms with E-state index in [4.69, 9.17) is 13.7 Å². The lowest BCUT2D eigenvalue weighted by Gasteiger charge is -2.08. The van der Waals surface area contributed by atoms with Crippen LogP contribution in [0.3, 0.4) is 0 Å². The van der Waals surface area contributed by atoms with Crippen molar-refractivity contribution in [2.45, 2.75) is 27.3 Å². The SMILES string of the molecule is COc1ccc(-c2nn(Cc3nc(-c4ccc(C)cc4)oc3C)c(=O)c3noc(C)c23)cc1. The second kappa shape index (κ2) is 8.05. The topological polar surface area (TPSA) is 96.2 Å². The van der Waals surface area contributed by atoms with Crippen LogP contribution >= 0.6 is 0 Å². The quantitative estimate of drug-likeness (QED) is 0.390. The predicted octanol–water partition coefficient (Wildman–Crippen LogP) is 4.69. The molecule has 166 valence electrons. The molecule has 5 aromatic rings. The maximum Gasteiger partial charge on any atom is 0.297 e. The Bertz CT molecular complexity index is 1510. The van der Waals surface area contributed by atoms with Gasteiger partial charge < -0.3 is 13.7 Å². The molecule has 0 aliphatic heterocycles. The van der Waals surface area contributed by atoms with Gasteiger partial charge in [0.1, 0.15) is 28.7 Å². The summed E-state index contributed by atoms with van der Waals surface area (Å²) in [5.74, 6) is 2.39. The van der Waals surface area contributed by atoms with E-state index in [0.717, 1.165) is 22.4 Å². The maximum atomic E-state index is 13.2. The molecule has 0 spiro atoms. The summed E-state index contributed by atoms with van der Waals surface area (Å²) in [6, 6.07) is 15.4. The number of aromatic nitrogens is 4. The number of fused-ring (bicyclic) bond motifs is 1. The van der Waals surface area contributed by atoms with Gasteiger partial charge in [-0.15, -0.1) is 0 Å². The molecule has 0 bridgehead atoms. The smallest absolute Gasteiger partial charge is 0.297 e. The molecule has 0 unspecified atom stereocenters. The van der Waals surface area contributed by atoms with Crippen molar-refractivity contribution < 1.29 is 13.7 Å². The Kier molecular flexibility index (Phi) is 5.05. The van der Waals surface area contributed by atoms with Gasteiger partial charge in [0.25, 0.3) is 5.56 Å². The highest BCUT2D eigenvalue weighted by Gasteiger charge is 2.21. The van der Waals surface area contributed by atoms with Crippen LogP contribution in [0.1, 0.15) is 22.8 Å². The maximum absolute atomic E-state index is 13.2. The van der Waals surface area contributed by atoms with Gasteiger partial charge in [-0.3, -0.25) is 4.79 Å². The van der Waals surface area contributed by atoms with E-state index in [1.165, 1.54) is 4.68 Å². The number of benzene rings is 2. The van der Waals surface area contributed by atoms with Crippen molar-refractivity contribution in [1.29, 1.82) is 0 Å². The fourth-order valence-electron chi connectivity index (χ4n) is 3.73. The van der Waals surface area contributed by atoms with Gasteiger partial charge in [-0.05, 0) is 57.2 Å². The monoisotopic (exact) mass is 442 g/mol. The Labute approximate surface area is 189 Å². The summed E-state index contributed by atoms with van der Waals surface area (Å²) in [6.45, 7) is 5.76. The molecule has 0 fully saturated rings. The van der Waals surface area contributed by atoms with Crippen molar-refractivity contribution in [3.8, 4) is 28.5 Å². The molecule has 0 amide bonds. The number of ether oxygens (including phenoxy) is 1. The number of aryl methyl sites for hydroxylation is 3. The number of hydrogen-bond acceptors (Lipinski definition) is 7. The lowest BCUT2D eigenvalue weighted by Crippen LogP contribution is -2.25. The Morgan fingerprint density at radius 2 is 1.64 bits per heavy atom. The Morgan fingerprint density at radius 3 is 2.33 bits per heavy atom. The molecule has 5 rings (SSSR count). The molecule has 8 nitrogen and oxygen atoms in total. The standard InChI is InChI=1S/C25H22N4O4/c1-14-5-7-18(8-6-14)24-26-20(15(2)32-24)13-29-25(30)23-21(16(3)33-28-23)22(27-29)17-9-11-19(31-4)12-10-17/h5-12H,13H2,1-4H3. The summed E-state index contributed by atoms with van der Waals surface area (Å²) >= 11 is 0. The highest BCUT2D eigenvalue weighted by molar-refractivity contribution is 5.93. The molecule has 0 atom stereocenters. The number of rotatable bonds is 5. The molecule has 0 radical (unpaired) electrons. The summed E-state index contributed by atoms with van der Waals surface area (Å²) in [5, 5.41) is 9.27. The largest absolute Gasteiger partial charge is 0.497 e.